The quantitative estimate of drug-likeness (QED) is 0.634. The molecule has 2 rings (SSSR count). The van der Waals surface area contributed by atoms with E-state index in [1.54, 1.807) is 7.11 Å². The van der Waals surface area contributed by atoms with Crippen LogP contribution in [0.25, 0.3) is 0 Å². The number of aromatic nitrogens is 2. The molecule has 1 aliphatic rings. The highest BCUT2D eigenvalue weighted by molar-refractivity contribution is 5.16. The van der Waals surface area contributed by atoms with Crippen LogP contribution in [0.5, 0.6) is 0 Å². The summed E-state index contributed by atoms with van der Waals surface area (Å²) in [6.07, 6.45) is 6.75. The van der Waals surface area contributed by atoms with Crippen LogP contribution in [0, 0.1) is 0 Å². The predicted molar refractivity (Wildman–Crippen MR) is 79.2 cm³/mol. The number of hydrogen-bond donors (Lipinski definition) is 2. The highest BCUT2D eigenvalue weighted by Gasteiger charge is 2.13. The number of nitrogens with zero attached hydrogens (tertiary/aromatic N) is 2. The summed E-state index contributed by atoms with van der Waals surface area (Å²) in [7, 11) is 1.67. The lowest BCUT2D eigenvalue weighted by molar-refractivity contribution is 0.0346. The molecule has 120 valence electrons. The first-order chi connectivity index (χ1) is 10.4. The molecule has 1 fully saturated rings. The van der Waals surface area contributed by atoms with E-state index in [1.807, 2.05) is 0 Å². The summed E-state index contributed by atoms with van der Waals surface area (Å²) in [6.45, 7) is 3.34. The van der Waals surface area contributed by atoms with Gasteiger partial charge in [0.2, 0.25) is 5.89 Å². The number of nitrogens with one attached hydrogen (secondary N) is 2. The van der Waals surface area contributed by atoms with Gasteiger partial charge in [0, 0.05) is 20.2 Å². The molecule has 0 aliphatic heterocycles. The molecule has 1 aromatic heterocycles. The van der Waals surface area contributed by atoms with Gasteiger partial charge in [0.25, 0.3) is 0 Å². The largest absolute Gasteiger partial charge is 0.407 e. The molecule has 0 amide bonds. The summed E-state index contributed by atoms with van der Waals surface area (Å²) in [6, 6.07) is 0.450. The monoisotopic (exact) mass is 298 g/mol. The fourth-order valence-corrected chi connectivity index (χ4v) is 2.38. The van der Waals surface area contributed by atoms with Crippen molar-refractivity contribution in [2.24, 2.45) is 0 Å². The van der Waals surface area contributed by atoms with Gasteiger partial charge in [-0.2, -0.15) is 0 Å². The summed E-state index contributed by atoms with van der Waals surface area (Å²) in [5.74, 6) is 0.571. The second-order valence-corrected chi connectivity index (χ2v) is 5.23. The average molecular weight is 298 g/mol. The van der Waals surface area contributed by atoms with Crippen molar-refractivity contribution in [3.63, 3.8) is 0 Å². The zero-order valence-corrected chi connectivity index (χ0v) is 12.8. The van der Waals surface area contributed by atoms with E-state index in [9.17, 15) is 0 Å². The number of methoxy groups -OCH3 is 1. The lowest BCUT2D eigenvalue weighted by Gasteiger charge is -2.21. The van der Waals surface area contributed by atoms with Gasteiger partial charge in [-0.3, -0.25) is 0 Å². The van der Waals surface area contributed by atoms with E-state index < -0.39 is 0 Å². The van der Waals surface area contributed by atoms with E-state index in [1.165, 1.54) is 32.1 Å². The van der Waals surface area contributed by atoms with Crippen LogP contribution in [0.15, 0.2) is 4.42 Å². The first-order valence-corrected chi connectivity index (χ1v) is 7.76. The highest BCUT2D eigenvalue weighted by atomic mass is 16.5. The molecule has 1 aliphatic carbocycles. The van der Waals surface area contributed by atoms with Crippen molar-refractivity contribution in [3.05, 3.63) is 5.89 Å². The Bertz CT molecular complexity index is 380. The van der Waals surface area contributed by atoms with Gasteiger partial charge in [-0.05, 0) is 12.8 Å². The summed E-state index contributed by atoms with van der Waals surface area (Å²) < 4.78 is 16.2. The molecule has 1 aromatic rings. The van der Waals surface area contributed by atoms with Crippen molar-refractivity contribution in [1.29, 1.82) is 0 Å². The molecule has 0 saturated heterocycles. The molecule has 7 nitrogen and oxygen atoms in total. The lowest BCUT2D eigenvalue weighted by Crippen LogP contribution is -2.20. The second kappa shape index (κ2) is 9.70. The van der Waals surface area contributed by atoms with Gasteiger partial charge in [0.05, 0.1) is 25.9 Å². The lowest BCUT2D eigenvalue weighted by atomic mass is 9.98. The molecule has 21 heavy (non-hydrogen) atoms. The third-order valence-corrected chi connectivity index (χ3v) is 3.51. The van der Waals surface area contributed by atoms with E-state index in [0.29, 0.717) is 44.3 Å². The Morgan fingerprint density at radius 2 is 2.00 bits per heavy atom. The number of ether oxygens (including phenoxy) is 2. The topological polar surface area (TPSA) is 81.4 Å². The van der Waals surface area contributed by atoms with Crippen molar-refractivity contribution in [1.82, 2.24) is 15.5 Å². The van der Waals surface area contributed by atoms with E-state index in [0.717, 1.165) is 6.54 Å². The smallest absolute Gasteiger partial charge is 0.315 e. The zero-order chi connectivity index (χ0) is 14.8. The van der Waals surface area contributed by atoms with Crippen LogP contribution in [-0.2, 0) is 16.0 Å². The summed E-state index contributed by atoms with van der Waals surface area (Å²) >= 11 is 0. The van der Waals surface area contributed by atoms with E-state index in [4.69, 9.17) is 13.9 Å². The van der Waals surface area contributed by atoms with E-state index in [2.05, 4.69) is 20.8 Å². The molecule has 0 atom stereocenters. The Labute approximate surface area is 125 Å². The Kier molecular flexibility index (Phi) is 7.48. The highest BCUT2D eigenvalue weighted by Crippen LogP contribution is 2.19. The Hall–Kier alpha value is -1.18. The first-order valence-electron chi connectivity index (χ1n) is 7.76. The molecule has 1 heterocycles. The number of anilines is 1. The van der Waals surface area contributed by atoms with Crippen LogP contribution in [-0.4, -0.2) is 49.7 Å². The SMILES string of the molecule is COCCNCc1nnc(NCCOC2CCCCC2)o1. The maximum absolute atomic E-state index is 5.82. The molecule has 0 aromatic carbocycles. The minimum atomic E-state index is 0.434. The van der Waals surface area contributed by atoms with Crippen LogP contribution in [0.3, 0.4) is 0 Å². The van der Waals surface area contributed by atoms with Gasteiger partial charge in [-0.15, -0.1) is 5.10 Å². The fraction of sp³-hybridized carbons (Fsp3) is 0.857. The molecule has 1 saturated carbocycles. The number of rotatable bonds is 10. The van der Waals surface area contributed by atoms with Gasteiger partial charge >= 0.3 is 6.01 Å². The van der Waals surface area contributed by atoms with Gasteiger partial charge < -0.3 is 24.5 Å². The van der Waals surface area contributed by atoms with Gasteiger partial charge in [-0.25, -0.2) is 0 Å². The molecule has 0 unspecified atom stereocenters. The third-order valence-electron chi connectivity index (χ3n) is 3.51. The van der Waals surface area contributed by atoms with Gasteiger partial charge in [0.1, 0.15) is 0 Å². The predicted octanol–water partition coefficient (Wildman–Crippen LogP) is 1.57. The maximum Gasteiger partial charge on any atom is 0.315 e. The maximum atomic E-state index is 5.82. The molecule has 0 radical (unpaired) electrons. The fourth-order valence-electron chi connectivity index (χ4n) is 2.38. The van der Waals surface area contributed by atoms with Crippen LogP contribution in [0.2, 0.25) is 0 Å². The third kappa shape index (κ3) is 6.41. The van der Waals surface area contributed by atoms with Crippen LogP contribution in [0.4, 0.5) is 6.01 Å². The zero-order valence-electron chi connectivity index (χ0n) is 12.8. The first kappa shape index (κ1) is 16.2. The summed E-state index contributed by atoms with van der Waals surface area (Å²) in [5.41, 5.74) is 0. The normalized spacial score (nSPS) is 16.2. The molecular formula is C14H26N4O3. The minimum Gasteiger partial charge on any atom is -0.407 e. The van der Waals surface area contributed by atoms with Crippen molar-refractivity contribution in [3.8, 4) is 0 Å². The van der Waals surface area contributed by atoms with Crippen molar-refractivity contribution in [2.45, 2.75) is 44.8 Å². The van der Waals surface area contributed by atoms with Crippen LogP contribution < -0.4 is 10.6 Å². The number of hydrogen-bond acceptors (Lipinski definition) is 7. The molecule has 2 N–H and O–H groups in total. The van der Waals surface area contributed by atoms with E-state index >= 15 is 0 Å². The summed E-state index contributed by atoms with van der Waals surface area (Å²) in [4.78, 5) is 0. The molecule has 0 bridgehead atoms. The van der Waals surface area contributed by atoms with Crippen LogP contribution >= 0.6 is 0 Å². The van der Waals surface area contributed by atoms with Crippen LogP contribution in [0.1, 0.15) is 38.0 Å². The van der Waals surface area contributed by atoms with Crippen molar-refractivity contribution in [2.75, 3.05) is 38.7 Å². The molecule has 7 heteroatoms. The molecule has 0 spiro atoms. The minimum absolute atomic E-state index is 0.434. The summed E-state index contributed by atoms with van der Waals surface area (Å²) in [5, 5.41) is 14.1. The van der Waals surface area contributed by atoms with Gasteiger partial charge in [-0.1, -0.05) is 24.4 Å². The Morgan fingerprint density at radius 1 is 1.14 bits per heavy atom. The van der Waals surface area contributed by atoms with E-state index in [-0.39, 0.29) is 0 Å². The Morgan fingerprint density at radius 3 is 2.81 bits per heavy atom. The van der Waals surface area contributed by atoms with Gasteiger partial charge in [0.15, 0.2) is 0 Å². The van der Waals surface area contributed by atoms with Crippen molar-refractivity contribution >= 4 is 6.01 Å². The molecular weight excluding hydrogens is 272 g/mol. The van der Waals surface area contributed by atoms with Crippen molar-refractivity contribution < 1.29 is 13.9 Å². The standard InChI is InChI=1S/C14H26N4O3/c1-19-9-7-15-11-13-17-18-14(21-13)16-8-10-20-12-5-3-2-4-6-12/h12,15H,2-11H2,1H3,(H,16,18). The average Bonchev–Trinajstić information content (AvgIpc) is 2.97. The second-order valence-electron chi connectivity index (χ2n) is 5.23. The Balaban J connectivity index is 1.54.